The van der Waals surface area contributed by atoms with Crippen molar-refractivity contribution in [3.8, 4) is 28.7 Å². The lowest BCUT2D eigenvalue weighted by Crippen LogP contribution is -2.46. The molecular weight excluding hydrogens is 450 g/mol. The van der Waals surface area contributed by atoms with E-state index in [1.165, 1.54) is 0 Å². The molecule has 6 rings (SSSR count). The minimum Gasteiger partial charge on any atom is -0.456 e. The summed E-state index contributed by atoms with van der Waals surface area (Å²) in [6.45, 7) is 4.22. The minimum atomic E-state index is -0.470. The maximum atomic E-state index is 11.1. The van der Waals surface area contributed by atoms with Gasteiger partial charge >= 0.3 is 0 Å². The Morgan fingerprint density at radius 2 is 1.97 bits per heavy atom. The summed E-state index contributed by atoms with van der Waals surface area (Å²) in [6.07, 6.45) is 9.72. The number of hydrogen-bond donors (Lipinski definition) is 2. The highest BCUT2D eigenvalue weighted by molar-refractivity contribution is 5.78. The summed E-state index contributed by atoms with van der Waals surface area (Å²) in [6, 6.07) is 14.4. The molecule has 2 fully saturated rings. The number of ether oxygens (including phenoxy) is 1. The van der Waals surface area contributed by atoms with Crippen molar-refractivity contribution in [2.24, 2.45) is 5.92 Å². The van der Waals surface area contributed by atoms with Crippen molar-refractivity contribution in [2.45, 2.75) is 63.8 Å². The molecule has 1 saturated heterocycles. The van der Waals surface area contributed by atoms with Gasteiger partial charge in [0.15, 0.2) is 0 Å². The Morgan fingerprint density at radius 1 is 1.14 bits per heavy atom. The SMILES string of the molecule is C[C@H]1CCc2c(ccc(-c3cnn(C4CCNCC4)c3)c2Oc2cccc(C#N)c2)N1C(O)C1CC1. The molecule has 0 radical (unpaired) electrons. The third-order valence-corrected chi connectivity index (χ3v) is 7.91. The molecule has 2 atom stereocenters. The molecule has 2 N–H and O–H groups in total. The van der Waals surface area contributed by atoms with Crippen molar-refractivity contribution < 1.29 is 9.84 Å². The molecule has 0 bridgehead atoms. The second-order valence-electron chi connectivity index (χ2n) is 10.4. The molecular formula is C29H33N5O2. The Balaban J connectivity index is 1.44. The highest BCUT2D eigenvalue weighted by atomic mass is 16.5. The average molecular weight is 484 g/mol. The van der Waals surface area contributed by atoms with Crippen LogP contribution in [0.5, 0.6) is 11.5 Å². The van der Waals surface area contributed by atoms with Crippen LogP contribution in [-0.4, -0.2) is 40.2 Å². The summed E-state index contributed by atoms with van der Waals surface area (Å²) in [4.78, 5) is 2.19. The van der Waals surface area contributed by atoms with E-state index < -0.39 is 6.23 Å². The van der Waals surface area contributed by atoms with E-state index in [9.17, 15) is 10.4 Å². The summed E-state index contributed by atoms with van der Waals surface area (Å²) >= 11 is 0. The Kier molecular flexibility index (Phi) is 6.16. The molecule has 2 aliphatic heterocycles. The number of hydrogen-bond acceptors (Lipinski definition) is 6. The monoisotopic (exact) mass is 483 g/mol. The first kappa shape index (κ1) is 23.1. The van der Waals surface area contributed by atoms with Crippen LogP contribution in [0.15, 0.2) is 48.8 Å². The van der Waals surface area contributed by atoms with E-state index in [1.807, 2.05) is 18.3 Å². The quantitative estimate of drug-likeness (QED) is 0.513. The van der Waals surface area contributed by atoms with Crippen LogP contribution in [0.3, 0.4) is 0 Å². The van der Waals surface area contributed by atoms with Gasteiger partial charge < -0.3 is 20.1 Å². The molecule has 3 aromatic rings. The summed E-state index contributed by atoms with van der Waals surface area (Å²) in [5, 5.41) is 28.7. The Hall–Kier alpha value is -3.34. The number of nitrogens with one attached hydrogen (secondary N) is 1. The van der Waals surface area contributed by atoms with E-state index in [0.29, 0.717) is 23.3 Å². The third-order valence-electron chi connectivity index (χ3n) is 7.91. The van der Waals surface area contributed by atoms with E-state index in [0.717, 1.165) is 79.7 Å². The molecule has 7 heteroatoms. The third kappa shape index (κ3) is 4.36. The van der Waals surface area contributed by atoms with Gasteiger partial charge in [-0.3, -0.25) is 4.68 Å². The zero-order valence-electron chi connectivity index (χ0n) is 20.7. The molecule has 1 unspecified atom stereocenters. The molecule has 186 valence electrons. The lowest BCUT2D eigenvalue weighted by Gasteiger charge is -2.41. The Morgan fingerprint density at radius 3 is 2.75 bits per heavy atom. The number of anilines is 1. The first-order valence-corrected chi connectivity index (χ1v) is 13.2. The largest absolute Gasteiger partial charge is 0.456 e. The number of benzene rings is 2. The number of fused-ring (bicyclic) bond motifs is 1. The van der Waals surface area contributed by atoms with Crippen molar-refractivity contribution in [3.05, 3.63) is 59.9 Å². The van der Waals surface area contributed by atoms with Crippen molar-refractivity contribution in [1.29, 1.82) is 5.26 Å². The van der Waals surface area contributed by atoms with Gasteiger partial charge in [-0.05, 0) is 88.9 Å². The van der Waals surface area contributed by atoms with E-state index in [-0.39, 0.29) is 6.04 Å². The van der Waals surface area contributed by atoms with Gasteiger partial charge in [0.25, 0.3) is 0 Å². The fourth-order valence-electron chi connectivity index (χ4n) is 5.69. The van der Waals surface area contributed by atoms with Gasteiger partial charge in [0.2, 0.25) is 0 Å². The number of nitriles is 1. The van der Waals surface area contributed by atoms with E-state index in [1.54, 1.807) is 12.1 Å². The van der Waals surface area contributed by atoms with Crippen LogP contribution in [0.4, 0.5) is 5.69 Å². The molecule has 2 aromatic carbocycles. The maximum absolute atomic E-state index is 11.1. The van der Waals surface area contributed by atoms with Crippen LogP contribution in [-0.2, 0) is 6.42 Å². The number of aliphatic hydroxyl groups excluding tert-OH is 1. The first-order valence-electron chi connectivity index (χ1n) is 13.2. The molecule has 0 spiro atoms. The normalized spacial score (nSPS) is 21.0. The number of aromatic nitrogens is 2. The minimum absolute atomic E-state index is 0.261. The second kappa shape index (κ2) is 9.61. The van der Waals surface area contributed by atoms with Gasteiger partial charge in [-0.25, -0.2) is 0 Å². The van der Waals surface area contributed by atoms with Crippen LogP contribution in [0.25, 0.3) is 11.1 Å². The lowest BCUT2D eigenvalue weighted by molar-refractivity contribution is 0.133. The Labute approximate surface area is 212 Å². The van der Waals surface area contributed by atoms with E-state index in [2.05, 4.69) is 46.2 Å². The predicted molar refractivity (Wildman–Crippen MR) is 139 cm³/mol. The summed E-state index contributed by atoms with van der Waals surface area (Å²) in [5.41, 5.74) is 4.75. The topological polar surface area (TPSA) is 86.3 Å². The molecule has 1 aromatic heterocycles. The van der Waals surface area contributed by atoms with Crippen molar-refractivity contribution in [3.63, 3.8) is 0 Å². The number of aliphatic hydroxyl groups is 1. The summed E-state index contributed by atoms with van der Waals surface area (Å²) in [7, 11) is 0. The van der Waals surface area contributed by atoms with Gasteiger partial charge in [-0.15, -0.1) is 0 Å². The van der Waals surface area contributed by atoms with Crippen molar-refractivity contribution >= 4 is 5.69 Å². The first-order chi connectivity index (χ1) is 17.6. The fraction of sp³-hybridized carbons (Fsp3) is 0.448. The standard InChI is InChI=1S/C29H33N5O2/c1-19-5-8-26-27(34(19)29(35)21-6-7-21)10-9-25(28(26)36-24-4-2-3-20(15-24)16-30)22-17-32-33(18-22)23-11-13-31-14-12-23/h2-4,9-10,15,17-19,21,23,29,31,35H,5-8,11-14H2,1H3/t19-,29?/m0/s1. The van der Waals surface area contributed by atoms with Crippen molar-refractivity contribution in [1.82, 2.24) is 15.1 Å². The number of piperidine rings is 1. The molecule has 1 aliphatic carbocycles. The highest BCUT2D eigenvalue weighted by Crippen LogP contribution is 2.47. The van der Waals surface area contributed by atoms with Crippen LogP contribution in [0.2, 0.25) is 0 Å². The van der Waals surface area contributed by atoms with Gasteiger partial charge in [-0.2, -0.15) is 10.4 Å². The molecule has 3 heterocycles. The van der Waals surface area contributed by atoms with Crippen LogP contribution >= 0.6 is 0 Å². The molecule has 3 aliphatic rings. The van der Waals surface area contributed by atoms with Gasteiger partial charge in [0.05, 0.1) is 23.9 Å². The molecule has 36 heavy (non-hydrogen) atoms. The maximum Gasteiger partial charge on any atom is 0.140 e. The second-order valence-corrected chi connectivity index (χ2v) is 10.4. The molecule has 0 amide bonds. The summed E-state index contributed by atoms with van der Waals surface area (Å²) in [5.74, 6) is 1.78. The van der Waals surface area contributed by atoms with E-state index in [4.69, 9.17) is 9.84 Å². The molecule has 1 saturated carbocycles. The van der Waals surface area contributed by atoms with Crippen molar-refractivity contribution in [2.75, 3.05) is 18.0 Å². The van der Waals surface area contributed by atoms with Gasteiger partial charge in [-0.1, -0.05) is 6.07 Å². The van der Waals surface area contributed by atoms with E-state index >= 15 is 0 Å². The number of nitrogens with zero attached hydrogens (tertiary/aromatic N) is 4. The number of rotatable bonds is 6. The fourth-order valence-corrected chi connectivity index (χ4v) is 5.69. The predicted octanol–water partition coefficient (Wildman–Crippen LogP) is 5.01. The Bertz CT molecular complexity index is 1290. The zero-order valence-corrected chi connectivity index (χ0v) is 20.7. The van der Waals surface area contributed by atoms with Gasteiger partial charge in [0.1, 0.15) is 17.7 Å². The van der Waals surface area contributed by atoms with Crippen LogP contribution < -0.4 is 15.0 Å². The van der Waals surface area contributed by atoms with Crippen LogP contribution in [0, 0.1) is 17.2 Å². The molecule has 7 nitrogen and oxygen atoms in total. The van der Waals surface area contributed by atoms with Crippen LogP contribution in [0.1, 0.15) is 56.2 Å². The summed E-state index contributed by atoms with van der Waals surface area (Å²) < 4.78 is 8.69. The average Bonchev–Trinajstić information content (AvgIpc) is 3.65. The lowest BCUT2D eigenvalue weighted by atomic mass is 9.91. The zero-order chi connectivity index (χ0) is 24.6. The smallest absolute Gasteiger partial charge is 0.140 e. The highest BCUT2D eigenvalue weighted by Gasteiger charge is 2.39. The van der Waals surface area contributed by atoms with Gasteiger partial charge in [0, 0.05) is 40.5 Å².